The molecule has 2 rings (SSSR count). The van der Waals surface area contributed by atoms with Crippen molar-refractivity contribution in [2.45, 2.75) is 70.2 Å². The largest absolute Gasteiger partial charge is 0.376 e. The summed E-state index contributed by atoms with van der Waals surface area (Å²) >= 11 is 0. The van der Waals surface area contributed by atoms with Crippen molar-refractivity contribution in [1.29, 1.82) is 0 Å². The second-order valence-corrected chi connectivity index (χ2v) is 10.3. The van der Waals surface area contributed by atoms with Crippen molar-refractivity contribution in [2.75, 3.05) is 40.3 Å². The molecule has 0 saturated carbocycles. The van der Waals surface area contributed by atoms with Gasteiger partial charge in [0.05, 0.1) is 12.7 Å². The molecule has 0 aromatic rings. The molecule has 2 heterocycles. The fraction of sp³-hybridized carbons (Fsp3) is 1.00. The summed E-state index contributed by atoms with van der Waals surface area (Å²) in [5.41, 5.74) is 0.214. The van der Waals surface area contributed by atoms with Crippen LogP contribution in [0, 0.1) is 0 Å². The van der Waals surface area contributed by atoms with E-state index in [1.807, 2.05) is 0 Å². The Balaban J connectivity index is 1.82. The smallest absolute Gasteiger partial charge is 0.279 e. The maximum atomic E-state index is 12.1. The number of hydrogen-bond acceptors (Lipinski definition) is 5. The normalized spacial score (nSPS) is 27.8. The van der Waals surface area contributed by atoms with Gasteiger partial charge in [-0.3, -0.25) is 4.90 Å². The Kier molecular flexibility index (Phi) is 7.26. The third-order valence-electron chi connectivity index (χ3n) is 5.27. The molecule has 0 aliphatic carbocycles. The van der Waals surface area contributed by atoms with E-state index in [0.29, 0.717) is 6.61 Å². The SMILES string of the molecule is CN(C)S(=O)(=O)N[C@H]1CCCN[C@H]1COC1CCN(C(C)(C)C)CC1. The number of piperidine rings is 2. The fourth-order valence-electron chi connectivity index (χ4n) is 3.50. The zero-order chi connectivity index (χ0) is 18.7. The minimum Gasteiger partial charge on any atom is -0.376 e. The van der Waals surface area contributed by atoms with Crippen molar-refractivity contribution < 1.29 is 13.2 Å². The number of ether oxygens (including phenoxy) is 1. The first-order valence-electron chi connectivity index (χ1n) is 9.39. The molecule has 0 amide bonds. The summed E-state index contributed by atoms with van der Waals surface area (Å²) in [6, 6.07) is -0.0834. The van der Waals surface area contributed by atoms with Crippen LogP contribution in [0.4, 0.5) is 0 Å². The topological polar surface area (TPSA) is 73.9 Å². The Morgan fingerprint density at radius 3 is 2.40 bits per heavy atom. The van der Waals surface area contributed by atoms with E-state index in [2.05, 4.69) is 35.7 Å². The number of nitrogens with one attached hydrogen (secondary N) is 2. The Labute approximate surface area is 153 Å². The predicted octanol–water partition coefficient (Wildman–Crippen LogP) is 0.783. The van der Waals surface area contributed by atoms with Gasteiger partial charge in [0.2, 0.25) is 0 Å². The van der Waals surface area contributed by atoms with E-state index in [0.717, 1.165) is 45.3 Å². The molecule has 0 spiro atoms. The van der Waals surface area contributed by atoms with E-state index in [1.165, 1.54) is 4.31 Å². The van der Waals surface area contributed by atoms with Gasteiger partial charge in [-0.2, -0.15) is 17.4 Å². The number of likely N-dealkylation sites (tertiary alicyclic amines) is 1. The van der Waals surface area contributed by atoms with Crippen molar-refractivity contribution in [3.63, 3.8) is 0 Å². The van der Waals surface area contributed by atoms with E-state index in [1.54, 1.807) is 14.1 Å². The van der Waals surface area contributed by atoms with Crippen molar-refractivity contribution in [3.05, 3.63) is 0 Å². The van der Waals surface area contributed by atoms with Gasteiger partial charge in [0.15, 0.2) is 0 Å². The molecular formula is C17H36N4O3S. The van der Waals surface area contributed by atoms with Crippen LogP contribution >= 0.6 is 0 Å². The Morgan fingerprint density at radius 1 is 1.20 bits per heavy atom. The molecule has 8 heteroatoms. The zero-order valence-corrected chi connectivity index (χ0v) is 17.2. The van der Waals surface area contributed by atoms with Gasteiger partial charge in [-0.1, -0.05) is 0 Å². The van der Waals surface area contributed by atoms with Gasteiger partial charge in [0.1, 0.15) is 0 Å². The molecule has 2 saturated heterocycles. The molecular weight excluding hydrogens is 340 g/mol. The number of hydrogen-bond donors (Lipinski definition) is 2. The lowest BCUT2D eigenvalue weighted by Gasteiger charge is -2.41. The zero-order valence-electron chi connectivity index (χ0n) is 16.4. The second-order valence-electron chi connectivity index (χ2n) is 8.41. The minimum atomic E-state index is -3.42. The molecule has 25 heavy (non-hydrogen) atoms. The summed E-state index contributed by atoms with van der Waals surface area (Å²) < 4.78 is 34.4. The first-order chi connectivity index (χ1) is 11.6. The van der Waals surface area contributed by atoms with Crippen LogP contribution in [0.2, 0.25) is 0 Å². The van der Waals surface area contributed by atoms with Gasteiger partial charge in [-0.15, -0.1) is 0 Å². The summed E-state index contributed by atoms with van der Waals surface area (Å²) in [7, 11) is -0.319. The maximum absolute atomic E-state index is 12.1. The average Bonchev–Trinajstić information content (AvgIpc) is 2.53. The van der Waals surface area contributed by atoms with Crippen LogP contribution in [0.3, 0.4) is 0 Å². The van der Waals surface area contributed by atoms with Crippen LogP contribution in [0.25, 0.3) is 0 Å². The van der Waals surface area contributed by atoms with Crippen molar-refractivity contribution in [2.24, 2.45) is 0 Å². The predicted molar refractivity (Wildman–Crippen MR) is 101 cm³/mol. The maximum Gasteiger partial charge on any atom is 0.279 e. The first kappa shape index (κ1) is 21.1. The third kappa shape index (κ3) is 6.15. The molecule has 0 unspecified atom stereocenters. The van der Waals surface area contributed by atoms with Crippen LogP contribution in [0.1, 0.15) is 46.5 Å². The van der Waals surface area contributed by atoms with Crippen LogP contribution in [0.15, 0.2) is 0 Å². The fourth-order valence-corrected chi connectivity index (χ4v) is 4.37. The van der Waals surface area contributed by atoms with E-state index < -0.39 is 10.2 Å². The van der Waals surface area contributed by atoms with Gasteiger partial charge >= 0.3 is 0 Å². The molecule has 2 fully saturated rings. The third-order valence-corrected chi connectivity index (χ3v) is 6.83. The number of rotatable bonds is 6. The summed E-state index contributed by atoms with van der Waals surface area (Å²) in [6.07, 6.45) is 4.17. The summed E-state index contributed by atoms with van der Waals surface area (Å²) in [4.78, 5) is 2.50. The lowest BCUT2D eigenvalue weighted by molar-refractivity contribution is -0.0246. The van der Waals surface area contributed by atoms with Gasteiger partial charge in [0, 0.05) is 44.8 Å². The van der Waals surface area contributed by atoms with E-state index in [-0.39, 0.29) is 23.7 Å². The lowest BCUT2D eigenvalue weighted by Crippen LogP contribution is -2.57. The van der Waals surface area contributed by atoms with Crippen LogP contribution < -0.4 is 10.0 Å². The molecule has 2 atom stereocenters. The highest BCUT2D eigenvalue weighted by Crippen LogP contribution is 2.22. The van der Waals surface area contributed by atoms with Crippen molar-refractivity contribution in [3.8, 4) is 0 Å². The standard InChI is InChI=1S/C17H36N4O3S/c1-17(2,3)21-11-8-14(9-12-21)24-13-16-15(7-6-10-18-16)19-25(22,23)20(4)5/h14-16,18-19H,6-13H2,1-5H3/t15-,16-/m0/s1. The Hall–Kier alpha value is -0.250. The molecule has 148 valence electrons. The molecule has 2 aliphatic heterocycles. The Morgan fingerprint density at radius 2 is 1.84 bits per heavy atom. The molecule has 7 nitrogen and oxygen atoms in total. The van der Waals surface area contributed by atoms with E-state index in [9.17, 15) is 8.42 Å². The Bertz CT molecular complexity index is 510. The van der Waals surface area contributed by atoms with E-state index in [4.69, 9.17) is 4.74 Å². The first-order valence-corrected chi connectivity index (χ1v) is 10.8. The van der Waals surface area contributed by atoms with Gasteiger partial charge in [-0.05, 0) is 53.0 Å². The molecule has 0 radical (unpaired) electrons. The van der Waals surface area contributed by atoms with Crippen molar-refractivity contribution >= 4 is 10.2 Å². The van der Waals surface area contributed by atoms with Crippen LogP contribution in [-0.4, -0.2) is 81.7 Å². The quantitative estimate of drug-likeness (QED) is 0.717. The highest BCUT2D eigenvalue weighted by Gasteiger charge is 2.32. The highest BCUT2D eigenvalue weighted by atomic mass is 32.2. The summed E-state index contributed by atoms with van der Waals surface area (Å²) in [5, 5.41) is 3.42. The average molecular weight is 377 g/mol. The minimum absolute atomic E-state index is 0.0316. The molecule has 0 aromatic carbocycles. The lowest BCUT2D eigenvalue weighted by atomic mass is 9.98. The van der Waals surface area contributed by atoms with Crippen LogP contribution in [-0.2, 0) is 14.9 Å². The number of nitrogens with zero attached hydrogens (tertiary/aromatic N) is 2. The van der Waals surface area contributed by atoms with E-state index >= 15 is 0 Å². The van der Waals surface area contributed by atoms with Gasteiger partial charge in [0.25, 0.3) is 10.2 Å². The molecule has 0 aromatic heterocycles. The van der Waals surface area contributed by atoms with Crippen LogP contribution in [0.5, 0.6) is 0 Å². The molecule has 2 N–H and O–H groups in total. The van der Waals surface area contributed by atoms with Crippen molar-refractivity contribution in [1.82, 2.24) is 19.2 Å². The summed E-state index contributed by atoms with van der Waals surface area (Å²) in [6.45, 7) is 10.3. The van der Waals surface area contributed by atoms with Gasteiger partial charge in [-0.25, -0.2) is 0 Å². The van der Waals surface area contributed by atoms with Gasteiger partial charge < -0.3 is 10.1 Å². The monoisotopic (exact) mass is 376 g/mol. The highest BCUT2D eigenvalue weighted by molar-refractivity contribution is 7.87. The summed E-state index contributed by atoms with van der Waals surface area (Å²) in [5.74, 6) is 0. The molecule has 0 bridgehead atoms. The second kappa shape index (κ2) is 8.63. The molecule has 2 aliphatic rings.